The molecule has 4 aromatic rings. The number of carbonyl (C=O) groups is 1. The van der Waals surface area contributed by atoms with Crippen molar-refractivity contribution in [3.8, 4) is 11.5 Å². The SMILES string of the molecule is CCc1nnc2c(SCC(=O)Nc3ccc4c(c3)OCO4)nc3ccccc3n12. The predicted molar refractivity (Wildman–Crippen MR) is 110 cm³/mol. The quantitative estimate of drug-likeness (QED) is 0.508. The minimum atomic E-state index is -0.141. The maximum atomic E-state index is 12.5. The molecule has 1 aliphatic heterocycles. The van der Waals surface area contributed by atoms with Gasteiger partial charge in [-0.1, -0.05) is 30.8 Å². The molecule has 3 heterocycles. The zero-order valence-corrected chi connectivity index (χ0v) is 16.4. The molecule has 8 nitrogen and oxygen atoms in total. The molecular weight excluding hydrogens is 390 g/mol. The van der Waals surface area contributed by atoms with Crippen LogP contribution in [0.5, 0.6) is 11.5 Å². The molecular formula is C20H17N5O3S. The fourth-order valence-corrected chi connectivity index (χ4v) is 4.01. The van der Waals surface area contributed by atoms with Crippen LogP contribution in [0.2, 0.25) is 0 Å². The van der Waals surface area contributed by atoms with Crippen LogP contribution in [0.1, 0.15) is 12.7 Å². The molecule has 0 fully saturated rings. The van der Waals surface area contributed by atoms with E-state index in [1.807, 2.05) is 35.6 Å². The molecule has 29 heavy (non-hydrogen) atoms. The summed E-state index contributed by atoms with van der Waals surface area (Å²) in [4.78, 5) is 17.2. The predicted octanol–water partition coefficient (Wildman–Crippen LogP) is 3.30. The number of amides is 1. The van der Waals surface area contributed by atoms with Crippen molar-refractivity contribution in [1.29, 1.82) is 0 Å². The zero-order chi connectivity index (χ0) is 19.8. The molecule has 0 bridgehead atoms. The van der Waals surface area contributed by atoms with Crippen LogP contribution < -0.4 is 14.8 Å². The van der Waals surface area contributed by atoms with Gasteiger partial charge in [0.1, 0.15) is 10.9 Å². The Bertz CT molecular complexity index is 1240. The molecule has 0 radical (unpaired) electrons. The number of benzene rings is 2. The summed E-state index contributed by atoms with van der Waals surface area (Å²) in [6, 6.07) is 13.2. The Labute approximate surface area is 170 Å². The molecule has 2 aromatic heterocycles. The lowest BCUT2D eigenvalue weighted by Gasteiger charge is -2.08. The summed E-state index contributed by atoms with van der Waals surface area (Å²) in [5, 5.41) is 12.1. The highest BCUT2D eigenvalue weighted by Crippen LogP contribution is 2.34. The number of anilines is 1. The molecule has 0 unspecified atom stereocenters. The minimum absolute atomic E-state index is 0.141. The first kappa shape index (κ1) is 17.7. The van der Waals surface area contributed by atoms with Crippen molar-refractivity contribution >= 4 is 40.0 Å². The first-order valence-electron chi connectivity index (χ1n) is 9.18. The first-order valence-corrected chi connectivity index (χ1v) is 10.2. The molecule has 0 aliphatic carbocycles. The number of fused-ring (bicyclic) bond motifs is 4. The van der Waals surface area contributed by atoms with E-state index in [0.717, 1.165) is 23.3 Å². The van der Waals surface area contributed by atoms with E-state index < -0.39 is 0 Å². The lowest BCUT2D eigenvalue weighted by atomic mass is 10.3. The molecule has 0 spiro atoms. The monoisotopic (exact) mass is 407 g/mol. The molecule has 2 aromatic carbocycles. The lowest BCUT2D eigenvalue weighted by molar-refractivity contribution is -0.113. The van der Waals surface area contributed by atoms with Gasteiger partial charge >= 0.3 is 0 Å². The summed E-state index contributed by atoms with van der Waals surface area (Å²) in [5.74, 6) is 2.23. The topological polar surface area (TPSA) is 90.6 Å². The van der Waals surface area contributed by atoms with E-state index in [0.29, 0.717) is 27.9 Å². The van der Waals surface area contributed by atoms with Crippen molar-refractivity contribution in [3.05, 3.63) is 48.3 Å². The van der Waals surface area contributed by atoms with Crippen LogP contribution in [0.4, 0.5) is 5.69 Å². The summed E-state index contributed by atoms with van der Waals surface area (Å²) in [6.45, 7) is 2.24. The standard InChI is InChI=1S/C20H17N5O3S/c1-2-17-23-24-19-20(22-13-5-3-4-6-14(13)25(17)19)29-10-18(26)21-12-7-8-15-16(9-12)28-11-27-15/h3-9H,2,10-11H2,1H3,(H,21,26). The summed E-state index contributed by atoms with van der Waals surface area (Å²) >= 11 is 1.34. The molecule has 0 saturated heterocycles. The number of thioether (sulfide) groups is 1. The van der Waals surface area contributed by atoms with Crippen molar-refractivity contribution in [2.45, 2.75) is 18.4 Å². The number of hydrogen-bond donors (Lipinski definition) is 1. The first-order chi connectivity index (χ1) is 14.2. The van der Waals surface area contributed by atoms with Crippen LogP contribution in [0.3, 0.4) is 0 Å². The van der Waals surface area contributed by atoms with Gasteiger partial charge in [0.25, 0.3) is 0 Å². The van der Waals surface area contributed by atoms with Crippen molar-refractivity contribution in [2.75, 3.05) is 17.9 Å². The minimum Gasteiger partial charge on any atom is -0.454 e. The fourth-order valence-electron chi connectivity index (χ4n) is 3.25. The third kappa shape index (κ3) is 3.23. The molecule has 0 saturated carbocycles. The van der Waals surface area contributed by atoms with Crippen LogP contribution in [0, 0.1) is 0 Å². The Morgan fingerprint density at radius 2 is 2.03 bits per heavy atom. The maximum absolute atomic E-state index is 12.5. The number of ether oxygens (including phenoxy) is 2. The Balaban J connectivity index is 1.38. The van der Waals surface area contributed by atoms with Crippen molar-refractivity contribution < 1.29 is 14.3 Å². The Morgan fingerprint density at radius 1 is 1.17 bits per heavy atom. The summed E-state index contributed by atoms with van der Waals surface area (Å²) in [6.07, 6.45) is 0.754. The van der Waals surface area contributed by atoms with Gasteiger partial charge in [-0.15, -0.1) is 10.2 Å². The molecule has 1 aliphatic rings. The highest BCUT2D eigenvalue weighted by atomic mass is 32.2. The molecule has 146 valence electrons. The van der Waals surface area contributed by atoms with Gasteiger partial charge in [-0.3, -0.25) is 9.20 Å². The van der Waals surface area contributed by atoms with Crippen LogP contribution in [0.15, 0.2) is 47.5 Å². The van der Waals surface area contributed by atoms with Crippen molar-refractivity contribution in [3.63, 3.8) is 0 Å². The van der Waals surface area contributed by atoms with Gasteiger partial charge in [-0.05, 0) is 24.3 Å². The van der Waals surface area contributed by atoms with E-state index in [-0.39, 0.29) is 18.5 Å². The van der Waals surface area contributed by atoms with E-state index in [9.17, 15) is 4.79 Å². The highest BCUT2D eigenvalue weighted by molar-refractivity contribution is 8.00. The molecule has 5 rings (SSSR count). The normalized spacial score (nSPS) is 12.6. The van der Waals surface area contributed by atoms with Gasteiger partial charge < -0.3 is 14.8 Å². The van der Waals surface area contributed by atoms with E-state index in [4.69, 9.17) is 14.5 Å². The van der Waals surface area contributed by atoms with E-state index in [1.165, 1.54) is 11.8 Å². The van der Waals surface area contributed by atoms with Crippen molar-refractivity contribution in [2.24, 2.45) is 0 Å². The maximum Gasteiger partial charge on any atom is 0.234 e. The molecule has 1 N–H and O–H groups in total. The van der Waals surface area contributed by atoms with Crippen LogP contribution in [0.25, 0.3) is 16.7 Å². The van der Waals surface area contributed by atoms with E-state index in [2.05, 4.69) is 15.5 Å². The molecule has 0 atom stereocenters. The van der Waals surface area contributed by atoms with Gasteiger partial charge in [0.05, 0.1) is 16.8 Å². The van der Waals surface area contributed by atoms with E-state index in [1.54, 1.807) is 18.2 Å². The number of aryl methyl sites for hydroxylation is 1. The van der Waals surface area contributed by atoms with Crippen LogP contribution in [-0.2, 0) is 11.2 Å². The van der Waals surface area contributed by atoms with Gasteiger partial charge in [-0.25, -0.2) is 4.98 Å². The average Bonchev–Trinajstić information content (AvgIpc) is 3.38. The summed E-state index contributed by atoms with van der Waals surface area (Å²) in [7, 11) is 0. The lowest BCUT2D eigenvalue weighted by Crippen LogP contribution is -2.14. The Morgan fingerprint density at radius 3 is 2.93 bits per heavy atom. The summed E-state index contributed by atoms with van der Waals surface area (Å²) in [5.41, 5.74) is 3.13. The molecule has 1 amide bonds. The third-order valence-corrected chi connectivity index (χ3v) is 5.53. The van der Waals surface area contributed by atoms with Gasteiger partial charge in [0.15, 0.2) is 17.1 Å². The Hall–Kier alpha value is -3.33. The van der Waals surface area contributed by atoms with Crippen molar-refractivity contribution in [1.82, 2.24) is 19.6 Å². The Kier molecular flexibility index (Phi) is 4.44. The fraction of sp³-hybridized carbons (Fsp3) is 0.200. The highest BCUT2D eigenvalue weighted by Gasteiger charge is 2.17. The average molecular weight is 407 g/mol. The third-order valence-electron chi connectivity index (χ3n) is 4.58. The number of para-hydroxylation sites is 2. The second-order valence-corrected chi connectivity index (χ2v) is 7.40. The summed E-state index contributed by atoms with van der Waals surface area (Å²) < 4.78 is 12.6. The second kappa shape index (κ2) is 7.25. The second-order valence-electron chi connectivity index (χ2n) is 6.44. The number of carbonyl (C=O) groups excluding carboxylic acids is 1. The van der Waals surface area contributed by atoms with Crippen LogP contribution >= 0.6 is 11.8 Å². The molecule has 9 heteroatoms. The van der Waals surface area contributed by atoms with Gasteiger partial charge in [0.2, 0.25) is 12.7 Å². The number of nitrogens with zero attached hydrogens (tertiary/aromatic N) is 4. The number of hydrogen-bond acceptors (Lipinski definition) is 7. The zero-order valence-electron chi connectivity index (χ0n) is 15.6. The smallest absolute Gasteiger partial charge is 0.234 e. The van der Waals surface area contributed by atoms with Gasteiger partial charge in [0, 0.05) is 18.2 Å². The number of rotatable bonds is 5. The van der Waals surface area contributed by atoms with Crippen LogP contribution in [-0.4, -0.2) is 38.0 Å². The largest absolute Gasteiger partial charge is 0.454 e. The number of aromatic nitrogens is 4. The number of nitrogens with one attached hydrogen (secondary N) is 1. The van der Waals surface area contributed by atoms with Gasteiger partial charge in [-0.2, -0.15) is 0 Å². The van der Waals surface area contributed by atoms with E-state index >= 15 is 0 Å².